The van der Waals surface area contributed by atoms with Crippen LogP contribution in [0.3, 0.4) is 0 Å². The molecule has 1 unspecified atom stereocenters. The highest BCUT2D eigenvalue weighted by Gasteiger charge is 2.30. The molecule has 0 bridgehead atoms. The number of thiazole rings is 1. The molecule has 1 aliphatic heterocycles. The second kappa shape index (κ2) is 5.41. The minimum Gasteiger partial charge on any atom is -0.489 e. The van der Waals surface area contributed by atoms with Crippen LogP contribution >= 0.6 is 27.3 Å². The van der Waals surface area contributed by atoms with Crippen molar-refractivity contribution >= 4 is 37.5 Å². The van der Waals surface area contributed by atoms with Gasteiger partial charge in [-0.15, -0.1) is 11.3 Å². The van der Waals surface area contributed by atoms with E-state index in [1.807, 2.05) is 26.8 Å². The summed E-state index contributed by atoms with van der Waals surface area (Å²) in [7, 11) is 0. The lowest BCUT2D eigenvalue weighted by atomic mass is 9.84. The predicted molar refractivity (Wildman–Crippen MR) is 87.3 cm³/mol. The highest BCUT2D eigenvalue weighted by Crippen LogP contribution is 2.47. The van der Waals surface area contributed by atoms with Gasteiger partial charge in [0.15, 0.2) is 15.4 Å². The summed E-state index contributed by atoms with van der Waals surface area (Å²) in [6, 6.07) is 1.88. The monoisotopic (exact) mass is 371 g/mol. The van der Waals surface area contributed by atoms with Gasteiger partial charge in [-0.3, -0.25) is 0 Å². The highest BCUT2D eigenvalue weighted by atomic mass is 79.9. The maximum absolute atomic E-state index is 10.7. The first kappa shape index (κ1) is 15.1. The van der Waals surface area contributed by atoms with Gasteiger partial charge in [0.1, 0.15) is 4.70 Å². The summed E-state index contributed by atoms with van der Waals surface area (Å²) in [5.74, 6) is 1.45. The van der Waals surface area contributed by atoms with Crippen molar-refractivity contribution in [1.82, 2.24) is 4.98 Å². The molecular weight excluding hydrogens is 354 g/mol. The van der Waals surface area contributed by atoms with E-state index in [4.69, 9.17) is 9.47 Å². The van der Waals surface area contributed by atoms with E-state index >= 15 is 0 Å². The van der Waals surface area contributed by atoms with Gasteiger partial charge in [0, 0.05) is 12.0 Å². The van der Waals surface area contributed by atoms with Crippen LogP contribution < -0.4 is 9.47 Å². The molecule has 3 rings (SSSR count). The number of aromatic nitrogens is 1. The van der Waals surface area contributed by atoms with Gasteiger partial charge in [-0.1, -0.05) is 20.8 Å². The molecule has 1 N–H and O–H groups in total. The summed E-state index contributed by atoms with van der Waals surface area (Å²) in [6.07, 6.45) is 0.235. The Bertz CT molecular complexity index is 678. The largest absolute Gasteiger partial charge is 0.489 e. The molecule has 2 heterocycles. The van der Waals surface area contributed by atoms with Crippen LogP contribution in [-0.2, 0) is 0 Å². The van der Waals surface area contributed by atoms with Crippen molar-refractivity contribution in [2.75, 3.05) is 13.2 Å². The third-order valence-corrected chi connectivity index (χ3v) is 5.00. The fraction of sp³-hybridized carbons (Fsp3) is 0.533. The minimum atomic E-state index is -0.619. The van der Waals surface area contributed by atoms with Crippen molar-refractivity contribution in [2.24, 2.45) is 5.41 Å². The predicted octanol–water partition coefficient (Wildman–Crippen LogP) is 4.30. The van der Waals surface area contributed by atoms with Gasteiger partial charge in [0.25, 0.3) is 0 Å². The lowest BCUT2D eigenvalue weighted by molar-refractivity contribution is 0.0635. The van der Waals surface area contributed by atoms with E-state index in [2.05, 4.69) is 20.9 Å². The molecule has 0 radical (unpaired) electrons. The van der Waals surface area contributed by atoms with Gasteiger partial charge in [0.05, 0.1) is 24.8 Å². The first-order valence-corrected chi connectivity index (χ1v) is 8.55. The Morgan fingerprint density at radius 3 is 2.76 bits per heavy atom. The van der Waals surface area contributed by atoms with Crippen LogP contribution in [-0.4, -0.2) is 23.3 Å². The van der Waals surface area contributed by atoms with Crippen LogP contribution in [0.1, 0.15) is 38.9 Å². The van der Waals surface area contributed by atoms with Gasteiger partial charge in [-0.05, 0) is 27.4 Å². The van der Waals surface area contributed by atoms with E-state index in [0.717, 1.165) is 31.9 Å². The highest BCUT2D eigenvalue weighted by molar-refractivity contribution is 9.11. The molecule has 0 aliphatic carbocycles. The maximum atomic E-state index is 10.7. The van der Waals surface area contributed by atoms with Gasteiger partial charge >= 0.3 is 0 Å². The summed E-state index contributed by atoms with van der Waals surface area (Å²) in [5, 5.41) is 10.7. The standard InChI is InChI=1S/C15H18BrNO3S/c1-15(2,3)13(18)8-7-9-11(20-6-4-5-19-9)12-10(8)17-14(16)21-12/h7,13,18H,4-6H2,1-3H3. The van der Waals surface area contributed by atoms with Gasteiger partial charge in [-0.25, -0.2) is 4.98 Å². The lowest BCUT2D eigenvalue weighted by Crippen LogP contribution is -2.18. The van der Waals surface area contributed by atoms with Crippen LogP contribution in [0.25, 0.3) is 10.2 Å². The number of aliphatic hydroxyl groups excluding tert-OH is 1. The fourth-order valence-corrected chi connectivity index (χ4v) is 3.85. The number of ether oxygens (including phenoxy) is 2. The van der Waals surface area contributed by atoms with E-state index < -0.39 is 6.10 Å². The van der Waals surface area contributed by atoms with Crippen molar-refractivity contribution in [3.8, 4) is 11.5 Å². The zero-order valence-electron chi connectivity index (χ0n) is 12.3. The molecule has 1 atom stereocenters. The molecule has 114 valence electrons. The summed E-state index contributed by atoms with van der Waals surface area (Å²) >= 11 is 4.94. The van der Waals surface area contributed by atoms with Crippen molar-refractivity contribution in [1.29, 1.82) is 0 Å². The van der Waals surface area contributed by atoms with E-state index in [1.165, 1.54) is 11.3 Å². The first-order valence-electron chi connectivity index (χ1n) is 6.94. The Balaban J connectivity index is 2.25. The van der Waals surface area contributed by atoms with E-state index in [1.54, 1.807) is 0 Å². The topological polar surface area (TPSA) is 51.6 Å². The van der Waals surface area contributed by atoms with Crippen molar-refractivity contribution in [2.45, 2.75) is 33.3 Å². The number of fused-ring (bicyclic) bond motifs is 3. The third-order valence-electron chi connectivity index (χ3n) is 3.50. The Hall–Kier alpha value is -0.850. The second-order valence-electron chi connectivity index (χ2n) is 6.26. The molecule has 21 heavy (non-hydrogen) atoms. The van der Waals surface area contributed by atoms with E-state index in [0.29, 0.717) is 19.0 Å². The number of rotatable bonds is 1. The van der Waals surface area contributed by atoms with Gasteiger partial charge < -0.3 is 14.6 Å². The molecular formula is C15H18BrNO3S. The normalized spacial score (nSPS) is 16.8. The zero-order valence-corrected chi connectivity index (χ0v) is 14.7. The Labute approximate surface area is 136 Å². The van der Waals surface area contributed by atoms with Crippen LogP contribution in [0.5, 0.6) is 11.5 Å². The zero-order chi connectivity index (χ0) is 15.2. The molecule has 0 fully saturated rings. The Kier molecular flexibility index (Phi) is 3.88. The van der Waals surface area contributed by atoms with Crippen LogP contribution in [0.2, 0.25) is 0 Å². The number of halogens is 1. The SMILES string of the molecule is CC(C)(C)C(O)c1cc2c(c3sc(Br)nc13)OCCCO2. The molecule has 0 spiro atoms. The molecule has 0 saturated heterocycles. The summed E-state index contributed by atoms with van der Waals surface area (Å²) in [5.41, 5.74) is 1.31. The Morgan fingerprint density at radius 2 is 2.05 bits per heavy atom. The second-order valence-corrected chi connectivity index (χ2v) is 8.53. The van der Waals surface area contributed by atoms with E-state index in [9.17, 15) is 5.11 Å². The lowest BCUT2D eigenvalue weighted by Gasteiger charge is -2.27. The summed E-state index contributed by atoms with van der Waals surface area (Å²) in [4.78, 5) is 4.53. The van der Waals surface area contributed by atoms with Crippen molar-refractivity contribution in [3.63, 3.8) is 0 Å². The van der Waals surface area contributed by atoms with Crippen molar-refractivity contribution < 1.29 is 14.6 Å². The van der Waals surface area contributed by atoms with Gasteiger partial charge in [-0.2, -0.15) is 0 Å². The quantitative estimate of drug-likeness (QED) is 0.811. The average Bonchev–Trinajstić information content (AvgIpc) is 2.64. The minimum absolute atomic E-state index is 0.275. The molecule has 0 amide bonds. The number of aliphatic hydroxyl groups is 1. The van der Waals surface area contributed by atoms with Crippen LogP contribution in [0, 0.1) is 5.41 Å². The molecule has 1 aromatic carbocycles. The number of hydrogen-bond donors (Lipinski definition) is 1. The molecule has 4 nitrogen and oxygen atoms in total. The summed E-state index contributed by atoms with van der Waals surface area (Å²) in [6.45, 7) is 7.29. The Morgan fingerprint density at radius 1 is 1.33 bits per heavy atom. The maximum Gasteiger partial charge on any atom is 0.180 e. The molecule has 1 aliphatic rings. The number of nitrogens with zero attached hydrogens (tertiary/aromatic N) is 1. The number of benzene rings is 1. The van der Waals surface area contributed by atoms with Gasteiger partial charge in [0.2, 0.25) is 0 Å². The molecule has 6 heteroatoms. The summed E-state index contributed by atoms with van der Waals surface area (Å²) < 4.78 is 13.3. The third kappa shape index (κ3) is 2.76. The molecule has 0 saturated carbocycles. The number of hydrogen-bond acceptors (Lipinski definition) is 5. The first-order chi connectivity index (χ1) is 9.88. The van der Waals surface area contributed by atoms with Crippen LogP contribution in [0.4, 0.5) is 0 Å². The smallest absolute Gasteiger partial charge is 0.180 e. The van der Waals surface area contributed by atoms with E-state index in [-0.39, 0.29) is 5.41 Å². The fourth-order valence-electron chi connectivity index (χ4n) is 2.36. The van der Waals surface area contributed by atoms with Crippen LogP contribution in [0.15, 0.2) is 9.98 Å². The average molecular weight is 372 g/mol. The van der Waals surface area contributed by atoms with Crippen molar-refractivity contribution in [3.05, 3.63) is 15.5 Å². The molecule has 1 aromatic heterocycles. The molecule has 2 aromatic rings.